The molecule has 4 nitrogen and oxygen atoms in total. The first-order valence-corrected chi connectivity index (χ1v) is 6.01. The highest BCUT2D eigenvalue weighted by molar-refractivity contribution is 5.74. The third-order valence-corrected chi connectivity index (χ3v) is 2.74. The molecular weight excluding hydrogens is 230 g/mol. The Labute approximate surface area is 108 Å². The lowest BCUT2D eigenvalue weighted by Crippen LogP contribution is -2.46. The minimum Gasteiger partial charge on any atom is -0.480 e. The molecule has 1 rings (SSSR count). The Morgan fingerprint density at radius 3 is 2.28 bits per heavy atom. The Morgan fingerprint density at radius 2 is 1.83 bits per heavy atom. The van der Waals surface area contributed by atoms with Gasteiger partial charge in [0.15, 0.2) is 0 Å². The van der Waals surface area contributed by atoms with Gasteiger partial charge in [0.2, 0.25) is 0 Å². The predicted molar refractivity (Wildman–Crippen MR) is 70.0 cm³/mol. The monoisotopic (exact) mass is 251 g/mol. The van der Waals surface area contributed by atoms with Crippen LogP contribution in [0.3, 0.4) is 0 Å². The molecule has 1 aromatic carbocycles. The van der Waals surface area contributed by atoms with Crippen molar-refractivity contribution >= 4 is 5.97 Å². The molecule has 0 aliphatic heterocycles. The molecule has 0 aromatic heterocycles. The molecule has 100 valence electrons. The first-order valence-electron chi connectivity index (χ1n) is 6.01. The molecule has 4 heteroatoms. The predicted octanol–water partition coefficient (Wildman–Crippen LogP) is 2.77. The van der Waals surface area contributed by atoms with Crippen LogP contribution in [0.25, 0.3) is 0 Å². The Bertz CT molecular complexity index is 384. The average molecular weight is 251 g/mol. The number of rotatable bonds is 5. The van der Waals surface area contributed by atoms with E-state index < -0.39 is 17.4 Å². The average Bonchev–Trinajstić information content (AvgIpc) is 2.28. The van der Waals surface area contributed by atoms with Gasteiger partial charge in [-0.15, -0.1) is 0 Å². The highest BCUT2D eigenvalue weighted by Crippen LogP contribution is 2.21. The highest BCUT2D eigenvalue weighted by atomic mass is 16.7. The number of hydrogen-bond donors (Lipinski definition) is 2. The van der Waals surface area contributed by atoms with Crippen LogP contribution in [0.4, 0.5) is 0 Å². The molecule has 2 atom stereocenters. The molecule has 0 fully saturated rings. The number of aliphatic carboxylic acids is 1. The molecule has 0 amide bonds. The van der Waals surface area contributed by atoms with Crippen molar-refractivity contribution < 1.29 is 14.7 Å². The highest BCUT2D eigenvalue weighted by Gasteiger charge is 2.31. The molecule has 0 spiro atoms. The van der Waals surface area contributed by atoms with Gasteiger partial charge in [-0.2, -0.15) is 5.48 Å². The molecule has 0 aliphatic carbocycles. The van der Waals surface area contributed by atoms with Crippen LogP contribution in [0.1, 0.15) is 39.4 Å². The molecule has 0 bridgehead atoms. The summed E-state index contributed by atoms with van der Waals surface area (Å²) in [5, 5.41) is 9.15. The van der Waals surface area contributed by atoms with Crippen molar-refractivity contribution in [2.24, 2.45) is 5.41 Å². The van der Waals surface area contributed by atoms with E-state index in [0.717, 1.165) is 5.56 Å². The molecule has 1 aromatic rings. The molecule has 2 unspecified atom stereocenters. The maximum Gasteiger partial charge on any atom is 0.323 e. The maximum atomic E-state index is 11.2. The zero-order valence-corrected chi connectivity index (χ0v) is 11.3. The second kappa shape index (κ2) is 5.98. The quantitative estimate of drug-likeness (QED) is 0.790. The molecule has 18 heavy (non-hydrogen) atoms. The third kappa shape index (κ3) is 4.13. The number of nitrogens with one attached hydrogen (secondary N) is 1. The zero-order chi connectivity index (χ0) is 13.8. The van der Waals surface area contributed by atoms with E-state index in [9.17, 15) is 4.79 Å². The molecule has 2 N–H and O–H groups in total. The summed E-state index contributed by atoms with van der Waals surface area (Å²) in [5.41, 5.74) is 3.25. The summed E-state index contributed by atoms with van der Waals surface area (Å²) in [6.07, 6.45) is -0.199. The van der Waals surface area contributed by atoms with Gasteiger partial charge in [0.25, 0.3) is 0 Å². The summed E-state index contributed by atoms with van der Waals surface area (Å²) in [5.74, 6) is -0.914. The number of carboxylic acids is 1. The summed E-state index contributed by atoms with van der Waals surface area (Å²) >= 11 is 0. The van der Waals surface area contributed by atoms with E-state index in [1.54, 1.807) is 0 Å². The second-order valence-corrected chi connectivity index (χ2v) is 5.43. The van der Waals surface area contributed by atoms with E-state index in [-0.39, 0.29) is 6.10 Å². The fraction of sp³-hybridized carbons (Fsp3) is 0.500. The smallest absolute Gasteiger partial charge is 0.323 e. The van der Waals surface area contributed by atoms with Crippen LogP contribution in [0.5, 0.6) is 0 Å². The zero-order valence-electron chi connectivity index (χ0n) is 11.3. The lowest BCUT2D eigenvalue weighted by Gasteiger charge is -2.28. The van der Waals surface area contributed by atoms with Gasteiger partial charge in [-0.1, -0.05) is 51.1 Å². The van der Waals surface area contributed by atoms with Crippen LogP contribution in [0.15, 0.2) is 30.3 Å². The van der Waals surface area contributed by atoms with Crippen LogP contribution >= 0.6 is 0 Å². The van der Waals surface area contributed by atoms with Gasteiger partial charge in [0, 0.05) is 0 Å². The van der Waals surface area contributed by atoms with Crippen LogP contribution in [-0.2, 0) is 9.63 Å². The van der Waals surface area contributed by atoms with Gasteiger partial charge in [-0.05, 0) is 17.9 Å². The van der Waals surface area contributed by atoms with Crippen molar-refractivity contribution in [3.05, 3.63) is 35.9 Å². The fourth-order valence-corrected chi connectivity index (χ4v) is 1.56. The van der Waals surface area contributed by atoms with Crippen molar-refractivity contribution in [3.8, 4) is 0 Å². The number of hydrogen-bond acceptors (Lipinski definition) is 3. The summed E-state index contributed by atoms with van der Waals surface area (Å²) in [6.45, 7) is 7.45. The maximum absolute atomic E-state index is 11.2. The molecule has 0 aliphatic rings. The van der Waals surface area contributed by atoms with Gasteiger partial charge in [-0.25, -0.2) is 0 Å². The summed E-state index contributed by atoms with van der Waals surface area (Å²) in [6, 6.07) is 8.92. The Morgan fingerprint density at radius 1 is 1.28 bits per heavy atom. The minimum atomic E-state index is -0.914. The van der Waals surface area contributed by atoms with E-state index in [0.29, 0.717) is 0 Å². The molecule has 0 radical (unpaired) electrons. The van der Waals surface area contributed by atoms with Gasteiger partial charge in [0.1, 0.15) is 12.1 Å². The molecule has 0 saturated heterocycles. The Kier molecular flexibility index (Phi) is 4.87. The Balaban J connectivity index is 2.61. The number of benzene rings is 1. The van der Waals surface area contributed by atoms with Gasteiger partial charge in [-0.3, -0.25) is 9.63 Å². The van der Waals surface area contributed by atoms with E-state index in [1.165, 1.54) is 0 Å². The SMILES string of the molecule is CC(ONC(C(=O)O)C(C)(C)C)c1ccccc1. The van der Waals surface area contributed by atoms with Gasteiger partial charge in [0.05, 0.1) is 0 Å². The largest absolute Gasteiger partial charge is 0.480 e. The molecular formula is C14H21NO3. The van der Waals surface area contributed by atoms with Crippen molar-refractivity contribution in [2.45, 2.75) is 39.8 Å². The first kappa shape index (κ1) is 14.7. The lowest BCUT2D eigenvalue weighted by molar-refractivity contribution is -0.151. The van der Waals surface area contributed by atoms with Crippen molar-refractivity contribution in [1.82, 2.24) is 5.48 Å². The second-order valence-electron chi connectivity index (χ2n) is 5.43. The topological polar surface area (TPSA) is 58.6 Å². The molecule has 0 heterocycles. The standard InChI is InChI=1S/C14H21NO3/c1-10(11-8-6-5-7-9-11)18-15-12(13(16)17)14(2,3)4/h5-10,12,15H,1-4H3,(H,16,17). The van der Waals surface area contributed by atoms with Crippen molar-refractivity contribution in [3.63, 3.8) is 0 Å². The third-order valence-electron chi connectivity index (χ3n) is 2.74. The summed E-state index contributed by atoms with van der Waals surface area (Å²) < 4.78 is 0. The first-order chi connectivity index (χ1) is 8.32. The van der Waals surface area contributed by atoms with Crippen LogP contribution in [-0.4, -0.2) is 17.1 Å². The van der Waals surface area contributed by atoms with Crippen molar-refractivity contribution in [1.29, 1.82) is 0 Å². The Hall–Kier alpha value is -1.39. The van der Waals surface area contributed by atoms with E-state index in [1.807, 2.05) is 58.0 Å². The van der Waals surface area contributed by atoms with Crippen LogP contribution in [0.2, 0.25) is 0 Å². The van der Waals surface area contributed by atoms with E-state index in [2.05, 4.69) is 5.48 Å². The van der Waals surface area contributed by atoms with E-state index >= 15 is 0 Å². The summed E-state index contributed by atoms with van der Waals surface area (Å²) in [4.78, 5) is 16.6. The van der Waals surface area contributed by atoms with Gasteiger partial charge >= 0.3 is 5.97 Å². The van der Waals surface area contributed by atoms with Crippen molar-refractivity contribution in [2.75, 3.05) is 0 Å². The number of carbonyl (C=O) groups is 1. The van der Waals surface area contributed by atoms with Crippen LogP contribution in [0, 0.1) is 5.41 Å². The number of hydroxylamine groups is 1. The van der Waals surface area contributed by atoms with Gasteiger partial charge < -0.3 is 5.11 Å². The summed E-state index contributed by atoms with van der Waals surface area (Å²) in [7, 11) is 0. The van der Waals surface area contributed by atoms with E-state index in [4.69, 9.17) is 9.94 Å². The number of carboxylic acid groups (broad SMARTS) is 1. The molecule has 0 saturated carbocycles. The normalized spacial score (nSPS) is 15.1. The lowest BCUT2D eigenvalue weighted by atomic mass is 9.87. The van der Waals surface area contributed by atoms with Crippen LogP contribution < -0.4 is 5.48 Å². The minimum absolute atomic E-state index is 0.199. The fourth-order valence-electron chi connectivity index (χ4n) is 1.56.